The number of ether oxygens (including phenoxy) is 1. The minimum absolute atomic E-state index is 0.124. The van der Waals surface area contributed by atoms with Crippen LogP contribution in [0.1, 0.15) is 76.5 Å². The van der Waals surface area contributed by atoms with Crippen molar-refractivity contribution in [2.75, 3.05) is 16.8 Å². The molecule has 3 rings (SSSR count). The Kier molecular flexibility index (Phi) is 9.22. The van der Waals surface area contributed by atoms with Crippen molar-refractivity contribution in [3.05, 3.63) is 48.0 Å². The molecule has 7 nitrogen and oxygen atoms in total. The van der Waals surface area contributed by atoms with Crippen molar-refractivity contribution in [1.82, 2.24) is 9.97 Å². The van der Waals surface area contributed by atoms with Crippen molar-refractivity contribution in [2.24, 2.45) is 5.92 Å². The normalized spacial score (nSPS) is 15.2. The van der Waals surface area contributed by atoms with E-state index in [0.717, 1.165) is 41.9 Å². The molecule has 1 saturated carbocycles. The molecule has 1 aliphatic carbocycles. The first-order valence-corrected chi connectivity index (χ1v) is 12.0. The monoisotopic (exact) mass is 452 g/mol. The first-order chi connectivity index (χ1) is 16.0. The zero-order valence-corrected chi connectivity index (χ0v) is 20.0. The molecule has 1 aromatic heterocycles. The van der Waals surface area contributed by atoms with Gasteiger partial charge in [-0.2, -0.15) is 0 Å². The van der Waals surface area contributed by atoms with Crippen LogP contribution in [-0.4, -0.2) is 34.9 Å². The Morgan fingerprint density at radius 3 is 2.58 bits per heavy atom. The quantitative estimate of drug-likeness (QED) is 0.479. The maximum atomic E-state index is 13.0. The van der Waals surface area contributed by atoms with Gasteiger partial charge in [-0.1, -0.05) is 46.1 Å². The lowest BCUT2D eigenvalue weighted by Gasteiger charge is -2.38. The van der Waals surface area contributed by atoms with Crippen molar-refractivity contribution in [3.8, 4) is 0 Å². The Morgan fingerprint density at radius 1 is 1.21 bits per heavy atom. The fraction of sp³-hybridized carbons (Fsp3) is 0.538. The lowest BCUT2D eigenvalue weighted by atomic mass is 9.92. The van der Waals surface area contributed by atoms with Crippen LogP contribution in [0.5, 0.6) is 0 Å². The topological polar surface area (TPSA) is 84.4 Å². The second-order valence-electron chi connectivity index (χ2n) is 9.22. The van der Waals surface area contributed by atoms with Crippen LogP contribution in [0.15, 0.2) is 36.9 Å². The third-order valence-electron chi connectivity index (χ3n) is 6.12. The van der Waals surface area contributed by atoms with Crippen LogP contribution in [0.4, 0.5) is 11.4 Å². The first-order valence-electron chi connectivity index (χ1n) is 12.0. The Morgan fingerprint density at radius 2 is 1.94 bits per heavy atom. The number of nitrogens with zero attached hydrogens (tertiary/aromatic N) is 3. The SMILES string of the molecule is CCC(OC=O)c1ccc(N(CC(C)C)C2CCCCC2)c(NC(=O)Cc2cncnc2)c1. The van der Waals surface area contributed by atoms with Gasteiger partial charge < -0.3 is 15.0 Å². The molecule has 178 valence electrons. The van der Waals surface area contributed by atoms with Crippen LogP contribution in [0.2, 0.25) is 0 Å². The number of hydrogen-bond donors (Lipinski definition) is 1. The van der Waals surface area contributed by atoms with Gasteiger partial charge in [-0.3, -0.25) is 9.59 Å². The van der Waals surface area contributed by atoms with E-state index < -0.39 is 0 Å². The summed E-state index contributed by atoms with van der Waals surface area (Å²) in [7, 11) is 0. The summed E-state index contributed by atoms with van der Waals surface area (Å²) in [6.45, 7) is 7.83. The molecule has 1 N–H and O–H groups in total. The molecule has 0 bridgehead atoms. The number of rotatable bonds is 11. The van der Waals surface area contributed by atoms with Gasteiger partial charge >= 0.3 is 0 Å². The number of amides is 1. The molecular formula is C26H36N4O3. The summed E-state index contributed by atoms with van der Waals surface area (Å²) in [5.41, 5.74) is 3.42. The summed E-state index contributed by atoms with van der Waals surface area (Å²) < 4.78 is 5.29. The highest BCUT2D eigenvalue weighted by molar-refractivity contribution is 5.95. The van der Waals surface area contributed by atoms with Gasteiger partial charge in [-0.25, -0.2) is 9.97 Å². The molecular weight excluding hydrogens is 416 g/mol. The minimum Gasteiger partial charge on any atom is -0.460 e. The van der Waals surface area contributed by atoms with Gasteiger partial charge in [0.1, 0.15) is 12.4 Å². The molecule has 2 aromatic rings. The average molecular weight is 453 g/mol. The largest absolute Gasteiger partial charge is 0.460 e. The zero-order chi connectivity index (χ0) is 23.6. The van der Waals surface area contributed by atoms with Gasteiger partial charge in [-0.05, 0) is 48.4 Å². The predicted molar refractivity (Wildman–Crippen MR) is 130 cm³/mol. The van der Waals surface area contributed by atoms with E-state index in [1.54, 1.807) is 12.4 Å². The van der Waals surface area contributed by atoms with Gasteiger partial charge in [-0.15, -0.1) is 0 Å². The maximum absolute atomic E-state index is 13.0. The van der Waals surface area contributed by atoms with Crippen molar-refractivity contribution in [1.29, 1.82) is 0 Å². The molecule has 1 aromatic carbocycles. The fourth-order valence-corrected chi connectivity index (χ4v) is 4.61. The summed E-state index contributed by atoms with van der Waals surface area (Å²) >= 11 is 0. The van der Waals surface area contributed by atoms with E-state index in [4.69, 9.17) is 4.74 Å². The van der Waals surface area contributed by atoms with E-state index in [0.29, 0.717) is 24.9 Å². The standard InChI is InChI=1S/C26H36N4O3/c1-4-25(33-18-31)21-10-11-24(30(16-19(2)3)22-8-6-5-7-9-22)23(13-21)29-26(32)12-20-14-27-17-28-15-20/h10-11,13-15,17-19,22,25H,4-9,12,16H2,1-3H3,(H,29,32). The van der Waals surface area contributed by atoms with Crippen molar-refractivity contribution in [2.45, 2.75) is 77.9 Å². The molecule has 33 heavy (non-hydrogen) atoms. The van der Waals surface area contributed by atoms with E-state index in [1.165, 1.54) is 25.6 Å². The van der Waals surface area contributed by atoms with E-state index in [1.807, 2.05) is 19.1 Å². The van der Waals surface area contributed by atoms with Crippen LogP contribution in [0.3, 0.4) is 0 Å². The number of carbonyl (C=O) groups excluding carboxylic acids is 2. The van der Waals surface area contributed by atoms with Crippen molar-refractivity contribution >= 4 is 23.8 Å². The number of anilines is 2. The minimum atomic E-state index is -0.344. The highest BCUT2D eigenvalue weighted by Gasteiger charge is 2.25. The molecule has 1 heterocycles. The number of aromatic nitrogens is 2. The number of benzene rings is 1. The van der Waals surface area contributed by atoms with E-state index in [9.17, 15) is 9.59 Å². The zero-order valence-electron chi connectivity index (χ0n) is 20.0. The van der Waals surface area contributed by atoms with Crippen LogP contribution < -0.4 is 10.2 Å². The molecule has 0 saturated heterocycles. The smallest absolute Gasteiger partial charge is 0.293 e. The molecule has 0 aliphatic heterocycles. The summed E-state index contributed by atoms with van der Waals surface area (Å²) in [6, 6.07) is 6.51. The van der Waals surface area contributed by atoms with Crippen LogP contribution in [0.25, 0.3) is 0 Å². The lowest BCUT2D eigenvalue weighted by Crippen LogP contribution is -2.40. The third-order valence-corrected chi connectivity index (χ3v) is 6.12. The second-order valence-corrected chi connectivity index (χ2v) is 9.22. The Hall–Kier alpha value is -2.96. The van der Waals surface area contributed by atoms with Gasteiger partial charge in [0, 0.05) is 25.0 Å². The molecule has 1 amide bonds. The van der Waals surface area contributed by atoms with Gasteiger partial charge in [0.2, 0.25) is 5.91 Å². The van der Waals surface area contributed by atoms with Crippen molar-refractivity contribution in [3.63, 3.8) is 0 Å². The number of carbonyl (C=O) groups is 2. The van der Waals surface area contributed by atoms with Crippen LogP contribution in [0, 0.1) is 5.92 Å². The van der Waals surface area contributed by atoms with Gasteiger partial charge in [0.25, 0.3) is 6.47 Å². The highest BCUT2D eigenvalue weighted by atomic mass is 16.5. The molecule has 1 aliphatic rings. The highest BCUT2D eigenvalue weighted by Crippen LogP contribution is 2.36. The third kappa shape index (κ3) is 7.01. The van der Waals surface area contributed by atoms with E-state index in [-0.39, 0.29) is 18.4 Å². The molecule has 0 spiro atoms. The molecule has 0 radical (unpaired) electrons. The molecule has 1 unspecified atom stereocenters. The van der Waals surface area contributed by atoms with Crippen LogP contribution in [-0.2, 0) is 20.7 Å². The second kappa shape index (κ2) is 12.3. The first kappa shape index (κ1) is 24.7. The number of nitrogens with one attached hydrogen (secondary N) is 1. The Balaban J connectivity index is 1.95. The summed E-state index contributed by atoms with van der Waals surface area (Å²) in [5.74, 6) is 0.360. The molecule has 7 heteroatoms. The number of hydrogen-bond acceptors (Lipinski definition) is 6. The summed E-state index contributed by atoms with van der Waals surface area (Å²) in [6.07, 6.45) is 11.3. The maximum Gasteiger partial charge on any atom is 0.293 e. The van der Waals surface area contributed by atoms with Gasteiger partial charge in [0.05, 0.1) is 17.8 Å². The van der Waals surface area contributed by atoms with Gasteiger partial charge in [0.15, 0.2) is 0 Å². The Labute approximate surface area is 197 Å². The summed E-state index contributed by atoms with van der Waals surface area (Å²) in [5, 5.41) is 3.13. The summed E-state index contributed by atoms with van der Waals surface area (Å²) in [4.78, 5) is 34.4. The Bertz CT molecular complexity index is 898. The molecule has 1 fully saturated rings. The van der Waals surface area contributed by atoms with Crippen LogP contribution >= 0.6 is 0 Å². The average Bonchev–Trinajstić information content (AvgIpc) is 2.82. The fourth-order valence-electron chi connectivity index (χ4n) is 4.61. The van der Waals surface area contributed by atoms with E-state index >= 15 is 0 Å². The molecule has 1 atom stereocenters. The lowest BCUT2D eigenvalue weighted by molar-refractivity contribution is -0.134. The predicted octanol–water partition coefficient (Wildman–Crippen LogP) is 5.08. The van der Waals surface area contributed by atoms with E-state index in [2.05, 4.69) is 40.1 Å². The van der Waals surface area contributed by atoms with Crippen molar-refractivity contribution < 1.29 is 14.3 Å².